The van der Waals surface area contributed by atoms with Crippen molar-refractivity contribution < 1.29 is 0 Å². The third-order valence-electron chi connectivity index (χ3n) is 3.03. The standard InChI is InChI=1S/C13H19N3/c1-3-16(4-2)13-11(7-5-10-15-13)12-8-6-9-14-12/h5,7,10H,3-4,6,8-9H2,1-2H3. The van der Waals surface area contributed by atoms with Gasteiger partial charge < -0.3 is 4.90 Å². The highest BCUT2D eigenvalue weighted by Gasteiger charge is 2.16. The predicted octanol–water partition coefficient (Wildman–Crippen LogP) is 2.51. The summed E-state index contributed by atoms with van der Waals surface area (Å²) in [5.74, 6) is 1.09. The number of rotatable bonds is 4. The SMILES string of the molecule is CCN(CC)c1ncccc1C1=NCCC1. The highest BCUT2D eigenvalue weighted by molar-refractivity contribution is 6.05. The van der Waals surface area contributed by atoms with E-state index in [2.05, 4.69) is 34.8 Å². The third-order valence-corrected chi connectivity index (χ3v) is 3.03. The van der Waals surface area contributed by atoms with Crippen LogP contribution < -0.4 is 4.90 Å². The van der Waals surface area contributed by atoms with E-state index in [1.807, 2.05) is 12.3 Å². The quantitative estimate of drug-likeness (QED) is 0.775. The molecule has 0 radical (unpaired) electrons. The fourth-order valence-electron chi connectivity index (χ4n) is 2.16. The Balaban J connectivity index is 2.36. The van der Waals surface area contributed by atoms with Crippen LogP contribution in [0.2, 0.25) is 0 Å². The number of pyridine rings is 1. The summed E-state index contributed by atoms with van der Waals surface area (Å²) in [6, 6.07) is 4.15. The van der Waals surface area contributed by atoms with Crippen molar-refractivity contribution in [3.05, 3.63) is 23.9 Å². The normalized spacial score (nSPS) is 15.0. The lowest BCUT2D eigenvalue weighted by Gasteiger charge is -2.22. The van der Waals surface area contributed by atoms with Crippen molar-refractivity contribution in [1.82, 2.24) is 4.98 Å². The minimum absolute atomic E-state index is 0.974. The van der Waals surface area contributed by atoms with Gasteiger partial charge in [0, 0.05) is 37.1 Å². The first-order valence-electron chi connectivity index (χ1n) is 6.10. The second kappa shape index (κ2) is 5.10. The zero-order valence-electron chi connectivity index (χ0n) is 10.1. The first-order valence-corrected chi connectivity index (χ1v) is 6.10. The Morgan fingerprint density at radius 3 is 2.75 bits per heavy atom. The van der Waals surface area contributed by atoms with Gasteiger partial charge in [0.1, 0.15) is 5.82 Å². The zero-order chi connectivity index (χ0) is 11.4. The van der Waals surface area contributed by atoms with Gasteiger partial charge in [-0.1, -0.05) is 0 Å². The molecule has 1 aliphatic rings. The van der Waals surface area contributed by atoms with E-state index in [4.69, 9.17) is 0 Å². The van der Waals surface area contributed by atoms with Gasteiger partial charge in [0.15, 0.2) is 0 Å². The summed E-state index contributed by atoms with van der Waals surface area (Å²) >= 11 is 0. The molecule has 0 aliphatic carbocycles. The molecule has 0 unspecified atom stereocenters. The van der Waals surface area contributed by atoms with Crippen molar-refractivity contribution in [2.45, 2.75) is 26.7 Å². The Hall–Kier alpha value is -1.38. The number of hydrogen-bond donors (Lipinski definition) is 0. The largest absolute Gasteiger partial charge is 0.357 e. The van der Waals surface area contributed by atoms with E-state index in [1.54, 1.807) is 0 Å². The summed E-state index contributed by atoms with van der Waals surface area (Å²) < 4.78 is 0. The van der Waals surface area contributed by atoms with E-state index in [9.17, 15) is 0 Å². The fourth-order valence-corrected chi connectivity index (χ4v) is 2.16. The van der Waals surface area contributed by atoms with Crippen LogP contribution in [0.25, 0.3) is 0 Å². The molecular formula is C13H19N3. The molecule has 2 rings (SSSR count). The highest BCUT2D eigenvalue weighted by atomic mass is 15.2. The predicted molar refractivity (Wildman–Crippen MR) is 68.4 cm³/mol. The van der Waals surface area contributed by atoms with Gasteiger partial charge in [0.05, 0.1) is 0 Å². The minimum atomic E-state index is 0.974. The van der Waals surface area contributed by atoms with Crippen molar-refractivity contribution in [2.24, 2.45) is 4.99 Å². The molecule has 2 heterocycles. The lowest BCUT2D eigenvalue weighted by Crippen LogP contribution is -2.25. The summed E-state index contributed by atoms with van der Waals surface area (Å²) in [6.07, 6.45) is 4.15. The van der Waals surface area contributed by atoms with Crippen LogP contribution >= 0.6 is 0 Å². The smallest absolute Gasteiger partial charge is 0.137 e. The average molecular weight is 217 g/mol. The van der Waals surface area contributed by atoms with Gasteiger partial charge in [0.25, 0.3) is 0 Å². The minimum Gasteiger partial charge on any atom is -0.357 e. The number of anilines is 1. The molecule has 0 fully saturated rings. The van der Waals surface area contributed by atoms with Crippen LogP contribution in [0.1, 0.15) is 32.3 Å². The van der Waals surface area contributed by atoms with Crippen LogP contribution in [-0.4, -0.2) is 30.3 Å². The first-order chi connectivity index (χ1) is 7.86. The zero-order valence-corrected chi connectivity index (χ0v) is 10.1. The van der Waals surface area contributed by atoms with E-state index in [-0.39, 0.29) is 0 Å². The molecule has 0 aromatic carbocycles. The van der Waals surface area contributed by atoms with E-state index in [1.165, 1.54) is 17.7 Å². The molecular weight excluding hydrogens is 198 g/mol. The molecule has 0 atom stereocenters. The lowest BCUT2D eigenvalue weighted by molar-refractivity contribution is 0.844. The summed E-state index contributed by atoms with van der Waals surface area (Å²) in [4.78, 5) is 11.4. The number of nitrogens with zero attached hydrogens (tertiary/aromatic N) is 3. The van der Waals surface area contributed by atoms with Crippen molar-refractivity contribution in [3.63, 3.8) is 0 Å². The third kappa shape index (κ3) is 2.08. The summed E-state index contributed by atoms with van der Waals surface area (Å²) in [6.45, 7) is 7.29. The summed E-state index contributed by atoms with van der Waals surface area (Å²) in [5.41, 5.74) is 2.46. The molecule has 16 heavy (non-hydrogen) atoms. The highest BCUT2D eigenvalue weighted by Crippen LogP contribution is 2.22. The van der Waals surface area contributed by atoms with Crippen LogP contribution in [0.5, 0.6) is 0 Å². The van der Waals surface area contributed by atoms with E-state index in [0.29, 0.717) is 0 Å². The van der Waals surface area contributed by atoms with Gasteiger partial charge in [0.2, 0.25) is 0 Å². The average Bonchev–Trinajstić information content (AvgIpc) is 2.85. The molecule has 0 spiro atoms. The van der Waals surface area contributed by atoms with E-state index >= 15 is 0 Å². The fraction of sp³-hybridized carbons (Fsp3) is 0.538. The molecule has 0 amide bonds. The van der Waals surface area contributed by atoms with Crippen LogP contribution in [0.3, 0.4) is 0 Å². The second-order valence-electron chi connectivity index (χ2n) is 3.98. The maximum atomic E-state index is 4.57. The Morgan fingerprint density at radius 1 is 1.31 bits per heavy atom. The first kappa shape index (κ1) is 11.1. The Morgan fingerprint density at radius 2 is 2.12 bits per heavy atom. The number of aliphatic imine (C=N–C) groups is 1. The molecule has 3 nitrogen and oxygen atoms in total. The van der Waals surface area contributed by atoms with Crippen LogP contribution in [0.15, 0.2) is 23.3 Å². The van der Waals surface area contributed by atoms with Crippen molar-refractivity contribution in [3.8, 4) is 0 Å². The second-order valence-corrected chi connectivity index (χ2v) is 3.98. The molecule has 1 aromatic rings. The van der Waals surface area contributed by atoms with Crippen molar-refractivity contribution in [2.75, 3.05) is 24.5 Å². The Labute approximate surface area is 97.2 Å². The molecule has 1 aromatic heterocycles. The van der Waals surface area contributed by atoms with Crippen LogP contribution in [0, 0.1) is 0 Å². The summed E-state index contributed by atoms with van der Waals surface area (Å²) in [5, 5.41) is 0. The van der Waals surface area contributed by atoms with Crippen LogP contribution in [-0.2, 0) is 0 Å². The number of aromatic nitrogens is 1. The molecule has 1 aliphatic heterocycles. The van der Waals surface area contributed by atoms with Crippen molar-refractivity contribution in [1.29, 1.82) is 0 Å². The van der Waals surface area contributed by atoms with E-state index in [0.717, 1.165) is 31.9 Å². The molecule has 0 N–H and O–H groups in total. The molecule has 0 bridgehead atoms. The number of hydrogen-bond acceptors (Lipinski definition) is 3. The molecule has 3 heteroatoms. The van der Waals surface area contributed by atoms with Gasteiger partial charge in [-0.15, -0.1) is 0 Å². The van der Waals surface area contributed by atoms with Crippen molar-refractivity contribution >= 4 is 11.5 Å². The van der Waals surface area contributed by atoms with Gasteiger partial charge >= 0.3 is 0 Å². The topological polar surface area (TPSA) is 28.5 Å². The monoisotopic (exact) mass is 217 g/mol. The maximum Gasteiger partial charge on any atom is 0.137 e. The Bertz CT molecular complexity index is 381. The van der Waals surface area contributed by atoms with Gasteiger partial charge in [-0.05, 0) is 38.8 Å². The summed E-state index contributed by atoms with van der Waals surface area (Å²) in [7, 11) is 0. The lowest BCUT2D eigenvalue weighted by atomic mass is 10.1. The Kier molecular flexibility index (Phi) is 3.54. The molecule has 86 valence electrons. The molecule has 0 saturated heterocycles. The van der Waals surface area contributed by atoms with Gasteiger partial charge in [-0.2, -0.15) is 0 Å². The van der Waals surface area contributed by atoms with Gasteiger partial charge in [-0.25, -0.2) is 4.98 Å². The van der Waals surface area contributed by atoms with E-state index < -0.39 is 0 Å². The molecule has 0 saturated carbocycles. The van der Waals surface area contributed by atoms with Crippen LogP contribution in [0.4, 0.5) is 5.82 Å². The van der Waals surface area contributed by atoms with Gasteiger partial charge in [-0.3, -0.25) is 4.99 Å². The maximum absolute atomic E-state index is 4.57.